The number of carbonyl (C=O) groups excluding carboxylic acids is 2. The summed E-state index contributed by atoms with van der Waals surface area (Å²) in [5.41, 5.74) is 4.26. The van der Waals surface area contributed by atoms with E-state index in [2.05, 4.69) is 9.97 Å². The van der Waals surface area contributed by atoms with Gasteiger partial charge in [0.2, 0.25) is 5.91 Å². The van der Waals surface area contributed by atoms with Gasteiger partial charge in [0.15, 0.2) is 22.0 Å². The van der Waals surface area contributed by atoms with Gasteiger partial charge in [0.05, 0.1) is 18.4 Å². The Morgan fingerprint density at radius 3 is 2.59 bits per heavy atom. The minimum absolute atomic E-state index is 0.00917. The first kappa shape index (κ1) is 26.7. The molecule has 5 rings (SSSR count). The Kier molecular flexibility index (Phi) is 7.34. The number of hydroxylamine groups is 1. The van der Waals surface area contributed by atoms with Crippen LogP contribution in [0, 0.1) is 6.92 Å². The zero-order valence-corrected chi connectivity index (χ0v) is 22.7. The molecule has 1 aliphatic heterocycles. The molecule has 10 nitrogen and oxygen atoms in total. The quantitative estimate of drug-likeness (QED) is 0.265. The molecule has 12 heteroatoms. The Morgan fingerprint density at radius 2 is 1.90 bits per heavy atom. The second kappa shape index (κ2) is 10.7. The molecule has 2 amide bonds. The number of oxazole rings is 1. The fourth-order valence-electron chi connectivity index (χ4n) is 4.83. The maximum atomic E-state index is 13.8. The third-order valence-corrected chi connectivity index (χ3v) is 11.0. The maximum Gasteiger partial charge on any atom is 0.272 e. The van der Waals surface area contributed by atoms with E-state index < -0.39 is 26.9 Å². The van der Waals surface area contributed by atoms with Crippen LogP contribution in [0.4, 0.5) is 0 Å². The molecular formula is C27H26N4O6S2. The first-order valence-electron chi connectivity index (χ1n) is 12.2. The van der Waals surface area contributed by atoms with E-state index in [1.807, 2.05) is 30.3 Å². The molecule has 4 heterocycles. The van der Waals surface area contributed by atoms with Crippen molar-refractivity contribution in [2.24, 2.45) is 0 Å². The lowest BCUT2D eigenvalue weighted by atomic mass is 9.97. The van der Waals surface area contributed by atoms with Crippen LogP contribution in [-0.2, 0) is 19.4 Å². The second-order valence-corrected chi connectivity index (χ2v) is 12.8. The number of pyridine rings is 1. The highest BCUT2D eigenvalue weighted by Crippen LogP contribution is 2.45. The zero-order chi connectivity index (χ0) is 27.6. The molecule has 3 aromatic heterocycles. The number of sulfone groups is 1. The van der Waals surface area contributed by atoms with Crippen LogP contribution in [0.1, 0.15) is 33.8 Å². The topological polar surface area (TPSA) is 143 Å². The van der Waals surface area contributed by atoms with Gasteiger partial charge in [-0.2, -0.15) is 0 Å². The number of thiophene rings is 1. The van der Waals surface area contributed by atoms with E-state index in [1.165, 1.54) is 28.8 Å². The summed E-state index contributed by atoms with van der Waals surface area (Å²) in [4.78, 5) is 36.6. The highest BCUT2D eigenvalue weighted by Gasteiger charge is 2.50. The third-order valence-electron chi connectivity index (χ3n) is 7.02. The van der Waals surface area contributed by atoms with Gasteiger partial charge in [-0.3, -0.25) is 19.8 Å². The number of nitrogens with one attached hydrogen (secondary N) is 1. The monoisotopic (exact) mass is 566 g/mol. The van der Waals surface area contributed by atoms with Crippen molar-refractivity contribution in [1.82, 2.24) is 20.3 Å². The molecule has 39 heavy (non-hydrogen) atoms. The Balaban J connectivity index is 1.48. The molecule has 0 aliphatic carbocycles. The van der Waals surface area contributed by atoms with Crippen molar-refractivity contribution in [2.45, 2.75) is 24.5 Å². The van der Waals surface area contributed by atoms with E-state index >= 15 is 0 Å². The van der Waals surface area contributed by atoms with Crippen LogP contribution >= 0.6 is 11.3 Å². The summed E-state index contributed by atoms with van der Waals surface area (Å²) < 4.78 is 31.4. The van der Waals surface area contributed by atoms with Gasteiger partial charge in [0.1, 0.15) is 10.4 Å². The smallest absolute Gasteiger partial charge is 0.272 e. The number of hydrogen-bond donors (Lipinski definition) is 2. The number of benzene rings is 1. The molecule has 1 aliphatic rings. The van der Waals surface area contributed by atoms with Gasteiger partial charge >= 0.3 is 0 Å². The van der Waals surface area contributed by atoms with Gasteiger partial charge in [-0.25, -0.2) is 18.9 Å². The van der Waals surface area contributed by atoms with Crippen molar-refractivity contribution in [3.8, 4) is 21.8 Å². The maximum absolute atomic E-state index is 13.8. The van der Waals surface area contributed by atoms with Crippen LogP contribution < -0.4 is 5.48 Å². The molecule has 1 fully saturated rings. The van der Waals surface area contributed by atoms with E-state index in [4.69, 9.17) is 4.42 Å². The number of aromatic nitrogens is 2. The van der Waals surface area contributed by atoms with Crippen LogP contribution in [0.3, 0.4) is 0 Å². The first-order valence-corrected chi connectivity index (χ1v) is 14.7. The summed E-state index contributed by atoms with van der Waals surface area (Å²) in [5.74, 6) is -0.871. The van der Waals surface area contributed by atoms with Crippen molar-refractivity contribution in [3.63, 3.8) is 0 Å². The van der Waals surface area contributed by atoms with E-state index in [0.717, 1.165) is 16.0 Å². The Hall–Kier alpha value is -3.87. The Bertz CT molecular complexity index is 1600. The van der Waals surface area contributed by atoms with Crippen LogP contribution in [0.25, 0.3) is 21.8 Å². The number of rotatable bonds is 6. The van der Waals surface area contributed by atoms with Crippen LogP contribution in [0.5, 0.6) is 0 Å². The predicted molar refractivity (Wildman–Crippen MR) is 145 cm³/mol. The highest BCUT2D eigenvalue weighted by molar-refractivity contribution is 7.92. The number of aryl methyl sites for hydroxylation is 1. The minimum atomic E-state index is -3.94. The molecule has 0 spiro atoms. The number of amides is 2. The fourth-order valence-corrected chi connectivity index (χ4v) is 8.44. The van der Waals surface area contributed by atoms with Crippen molar-refractivity contribution in [2.75, 3.05) is 18.8 Å². The molecular weight excluding hydrogens is 540 g/mol. The molecule has 0 bridgehead atoms. The molecule has 1 unspecified atom stereocenters. The summed E-state index contributed by atoms with van der Waals surface area (Å²) in [6.07, 6.45) is 4.02. The lowest BCUT2D eigenvalue weighted by Gasteiger charge is -2.30. The van der Waals surface area contributed by atoms with Crippen molar-refractivity contribution in [1.29, 1.82) is 0 Å². The van der Waals surface area contributed by atoms with Gasteiger partial charge in [0, 0.05) is 34.6 Å². The average molecular weight is 567 g/mol. The Labute approximate surface area is 229 Å². The molecule has 2 N–H and O–H groups in total. The van der Waals surface area contributed by atoms with Crippen LogP contribution in [0.2, 0.25) is 0 Å². The second-order valence-electron chi connectivity index (χ2n) is 9.34. The molecule has 1 atom stereocenters. The molecule has 0 radical (unpaired) electrons. The van der Waals surface area contributed by atoms with E-state index in [0.29, 0.717) is 16.2 Å². The van der Waals surface area contributed by atoms with E-state index in [1.54, 1.807) is 36.8 Å². The van der Waals surface area contributed by atoms with Gasteiger partial charge in [-0.1, -0.05) is 30.3 Å². The molecule has 4 aromatic rings. The van der Waals surface area contributed by atoms with Crippen molar-refractivity contribution >= 4 is 33.0 Å². The third kappa shape index (κ3) is 5.10. The van der Waals surface area contributed by atoms with Gasteiger partial charge in [0.25, 0.3) is 5.91 Å². The summed E-state index contributed by atoms with van der Waals surface area (Å²) in [6.45, 7) is 1.85. The standard InChI is InChI=1S/C27H26N4O6S2/c1-18-3-2-11-29-25(18)26(33)31-12-10-27(15-24(32)30-34,39(35,36)14-13-31)23-9-8-22(38-23)20-6-4-19(5-7-20)21-16-28-17-37-21/h2-9,11,16-17,34H,10,12-15H2,1H3,(H,30,32). The normalized spacial score (nSPS) is 18.9. The molecule has 1 aromatic carbocycles. The fraction of sp³-hybridized carbons (Fsp3) is 0.259. The predicted octanol–water partition coefficient (Wildman–Crippen LogP) is 3.83. The highest BCUT2D eigenvalue weighted by atomic mass is 32.2. The lowest BCUT2D eigenvalue weighted by molar-refractivity contribution is -0.129. The van der Waals surface area contributed by atoms with E-state index in [-0.39, 0.29) is 36.9 Å². The molecule has 0 saturated carbocycles. The Morgan fingerprint density at radius 1 is 1.13 bits per heavy atom. The van der Waals surface area contributed by atoms with Gasteiger partial charge < -0.3 is 9.32 Å². The average Bonchev–Trinajstić information content (AvgIpc) is 3.63. The number of hydrogen-bond acceptors (Lipinski definition) is 9. The molecule has 202 valence electrons. The first-order chi connectivity index (χ1) is 18.7. The van der Waals surface area contributed by atoms with Crippen molar-refractivity contribution < 1.29 is 27.6 Å². The van der Waals surface area contributed by atoms with Crippen molar-refractivity contribution in [3.05, 3.63) is 83.5 Å². The van der Waals surface area contributed by atoms with E-state index in [9.17, 15) is 23.2 Å². The van der Waals surface area contributed by atoms with Gasteiger partial charge in [-0.15, -0.1) is 11.3 Å². The van der Waals surface area contributed by atoms with Gasteiger partial charge in [-0.05, 0) is 42.7 Å². The number of carbonyl (C=O) groups is 2. The molecule has 1 saturated heterocycles. The lowest BCUT2D eigenvalue weighted by Crippen LogP contribution is -2.41. The minimum Gasteiger partial charge on any atom is -0.444 e. The van der Waals surface area contributed by atoms with Crippen LogP contribution in [0.15, 0.2) is 71.7 Å². The summed E-state index contributed by atoms with van der Waals surface area (Å²) in [7, 11) is -3.94. The summed E-state index contributed by atoms with van der Waals surface area (Å²) >= 11 is 1.27. The number of nitrogens with zero attached hydrogens (tertiary/aromatic N) is 3. The summed E-state index contributed by atoms with van der Waals surface area (Å²) in [5, 5.41) is 9.30. The largest absolute Gasteiger partial charge is 0.444 e. The van der Waals surface area contributed by atoms with Crippen LogP contribution in [-0.4, -0.2) is 59.1 Å². The SMILES string of the molecule is Cc1cccnc1C(=O)N1CCC(CC(=O)NO)(c2ccc(-c3ccc(-c4cnco4)cc3)s2)S(=O)(=O)CC1. The summed E-state index contributed by atoms with van der Waals surface area (Å²) in [6, 6.07) is 14.6. The zero-order valence-electron chi connectivity index (χ0n) is 21.0.